The summed E-state index contributed by atoms with van der Waals surface area (Å²) in [7, 11) is 2.67. The minimum Gasteiger partial charge on any atom is -0.481 e. The number of hydrogen-bond donors (Lipinski definition) is 2. The van der Waals surface area contributed by atoms with Crippen molar-refractivity contribution >= 4 is 27.3 Å². The van der Waals surface area contributed by atoms with Crippen LogP contribution in [0.3, 0.4) is 0 Å². The monoisotopic (exact) mass is 455 g/mol. The first kappa shape index (κ1) is 23.3. The highest BCUT2D eigenvalue weighted by atomic mass is 32.2. The predicted molar refractivity (Wildman–Crippen MR) is 101 cm³/mol. The topological polar surface area (TPSA) is 101 Å². The van der Waals surface area contributed by atoms with Crippen LogP contribution in [-0.2, 0) is 28.0 Å². The van der Waals surface area contributed by atoms with Gasteiger partial charge < -0.3 is 9.59 Å². The fraction of sp³-hybridized carbons (Fsp3) is 0.500. The van der Waals surface area contributed by atoms with Gasteiger partial charge in [0, 0.05) is 7.05 Å². The van der Waals surface area contributed by atoms with Gasteiger partial charge in [0.25, 0.3) is 10.0 Å². The average molecular weight is 456 g/mol. The van der Waals surface area contributed by atoms with E-state index in [-0.39, 0.29) is 21.3 Å². The molecule has 0 saturated carbocycles. The molecule has 2 rings (SSSR count). The lowest BCUT2D eigenvalue weighted by molar-refractivity contribution is -0.871. The lowest BCUT2D eigenvalue weighted by Crippen LogP contribution is -2.49. The Bertz CT molecular complexity index is 991. The number of carboxylic acids is 1. The Morgan fingerprint density at radius 3 is 2.45 bits per heavy atom. The second-order valence-electron chi connectivity index (χ2n) is 7.54. The van der Waals surface area contributed by atoms with Gasteiger partial charge >= 0.3 is 12.1 Å². The Morgan fingerprint density at radius 2 is 1.97 bits per heavy atom. The predicted octanol–water partition coefficient (Wildman–Crippen LogP) is 2.00. The SMILES string of the molecule is Cn1nc(C(F)(F)F)cc1-c1ccc(S(=O)(=O)NC(CC(=O)O)C[N+](C)(C)C)s1. The van der Waals surface area contributed by atoms with E-state index in [2.05, 4.69) is 9.82 Å². The molecule has 2 N–H and O–H groups in total. The van der Waals surface area contributed by atoms with E-state index in [1.165, 1.54) is 19.2 Å². The van der Waals surface area contributed by atoms with Gasteiger partial charge in [-0.15, -0.1) is 11.3 Å². The molecule has 2 aromatic heterocycles. The maximum Gasteiger partial charge on any atom is 0.435 e. The standard InChI is InChI=1S/C16H21F3N4O4S2/c1-22-11(8-13(20-22)16(17,18)19)12-5-6-15(28-12)29(26,27)21-10(7-14(24)25)9-23(2,3)4/h5-6,8,10,21H,7,9H2,1-4H3/p+1. The summed E-state index contributed by atoms with van der Waals surface area (Å²) in [4.78, 5) is 11.4. The number of sulfonamides is 1. The second kappa shape index (κ2) is 8.05. The van der Waals surface area contributed by atoms with Crippen molar-refractivity contribution in [3.63, 3.8) is 0 Å². The number of nitrogens with one attached hydrogen (secondary N) is 1. The highest BCUT2D eigenvalue weighted by molar-refractivity contribution is 7.91. The van der Waals surface area contributed by atoms with Gasteiger partial charge in [0.15, 0.2) is 5.69 Å². The molecule has 13 heteroatoms. The zero-order valence-electron chi connectivity index (χ0n) is 16.2. The Kier molecular flexibility index (Phi) is 6.47. The molecule has 1 atom stereocenters. The summed E-state index contributed by atoms with van der Waals surface area (Å²) in [5, 5.41) is 12.5. The third kappa shape index (κ3) is 6.26. The van der Waals surface area contributed by atoms with Crippen LogP contribution in [0.1, 0.15) is 12.1 Å². The lowest BCUT2D eigenvalue weighted by atomic mass is 10.2. The third-order valence-electron chi connectivity index (χ3n) is 3.78. The van der Waals surface area contributed by atoms with Crippen LogP contribution in [0, 0.1) is 0 Å². The number of rotatable bonds is 8. The molecule has 29 heavy (non-hydrogen) atoms. The van der Waals surface area contributed by atoms with Crippen LogP contribution < -0.4 is 4.72 Å². The molecule has 0 aliphatic rings. The number of aromatic nitrogens is 2. The fourth-order valence-corrected chi connectivity index (χ4v) is 5.33. The molecule has 0 amide bonds. The summed E-state index contributed by atoms with van der Waals surface area (Å²) in [6.07, 6.45) is -5.01. The van der Waals surface area contributed by atoms with Crippen molar-refractivity contribution < 1.29 is 36.0 Å². The fourth-order valence-electron chi connectivity index (χ4n) is 2.73. The van der Waals surface area contributed by atoms with Crippen LogP contribution in [0.15, 0.2) is 22.4 Å². The van der Waals surface area contributed by atoms with Crippen molar-refractivity contribution in [1.29, 1.82) is 0 Å². The number of aryl methyl sites for hydroxylation is 1. The summed E-state index contributed by atoms with van der Waals surface area (Å²) >= 11 is 0.779. The second-order valence-corrected chi connectivity index (χ2v) is 10.6. The smallest absolute Gasteiger partial charge is 0.435 e. The number of carboxylic acid groups (broad SMARTS) is 1. The first-order valence-corrected chi connectivity index (χ1v) is 10.6. The highest BCUT2D eigenvalue weighted by Gasteiger charge is 2.35. The number of alkyl halides is 3. The number of thiophene rings is 1. The van der Waals surface area contributed by atoms with Gasteiger partial charge in [0.2, 0.25) is 0 Å². The van der Waals surface area contributed by atoms with Crippen molar-refractivity contribution in [1.82, 2.24) is 14.5 Å². The van der Waals surface area contributed by atoms with E-state index in [0.29, 0.717) is 4.48 Å². The summed E-state index contributed by atoms with van der Waals surface area (Å²) in [6, 6.07) is 2.66. The first-order chi connectivity index (χ1) is 13.1. The Labute approximate surface area is 170 Å². The molecule has 0 aromatic carbocycles. The number of aliphatic carboxylic acids is 1. The minimum atomic E-state index is -4.61. The molecular formula is C16H22F3N4O4S2+. The van der Waals surface area contributed by atoms with Crippen molar-refractivity contribution in [2.24, 2.45) is 7.05 Å². The maximum atomic E-state index is 12.8. The van der Waals surface area contributed by atoms with Crippen LogP contribution >= 0.6 is 11.3 Å². The van der Waals surface area contributed by atoms with Crippen LogP contribution in [0.4, 0.5) is 13.2 Å². The van der Waals surface area contributed by atoms with Gasteiger partial charge in [-0.2, -0.15) is 18.3 Å². The van der Waals surface area contributed by atoms with Gasteiger partial charge in [-0.25, -0.2) is 13.1 Å². The molecule has 0 bridgehead atoms. The molecule has 2 aromatic rings. The quantitative estimate of drug-likeness (QED) is 0.593. The van der Waals surface area contributed by atoms with E-state index in [0.717, 1.165) is 22.1 Å². The zero-order valence-corrected chi connectivity index (χ0v) is 17.8. The van der Waals surface area contributed by atoms with Crippen LogP contribution in [0.2, 0.25) is 0 Å². The van der Waals surface area contributed by atoms with E-state index in [1.807, 2.05) is 0 Å². The molecule has 0 saturated heterocycles. The molecule has 8 nitrogen and oxygen atoms in total. The van der Waals surface area contributed by atoms with Crippen molar-refractivity contribution in [3.8, 4) is 10.6 Å². The van der Waals surface area contributed by atoms with E-state index in [9.17, 15) is 26.4 Å². The average Bonchev–Trinajstić information content (AvgIpc) is 3.09. The van der Waals surface area contributed by atoms with Gasteiger partial charge in [0.1, 0.15) is 4.21 Å². The number of hydrogen-bond acceptors (Lipinski definition) is 5. The minimum absolute atomic E-state index is 0.122. The Hall–Kier alpha value is -1.96. The molecule has 0 radical (unpaired) electrons. The number of carbonyl (C=O) groups is 1. The van der Waals surface area contributed by atoms with Gasteiger partial charge in [-0.3, -0.25) is 9.48 Å². The first-order valence-electron chi connectivity index (χ1n) is 8.34. The number of quaternary nitrogens is 1. The largest absolute Gasteiger partial charge is 0.481 e. The molecule has 0 aliphatic carbocycles. The molecule has 2 heterocycles. The number of halogens is 3. The summed E-state index contributed by atoms with van der Waals surface area (Å²) in [6.45, 7) is 0.237. The third-order valence-corrected chi connectivity index (χ3v) is 6.90. The lowest BCUT2D eigenvalue weighted by Gasteiger charge is -2.28. The summed E-state index contributed by atoms with van der Waals surface area (Å²) < 4.78 is 67.6. The molecule has 0 fully saturated rings. The van der Waals surface area contributed by atoms with E-state index < -0.39 is 40.3 Å². The Morgan fingerprint density at radius 1 is 1.34 bits per heavy atom. The number of nitrogens with zero attached hydrogens (tertiary/aromatic N) is 3. The van der Waals surface area contributed by atoms with E-state index in [1.54, 1.807) is 21.1 Å². The molecule has 1 unspecified atom stereocenters. The van der Waals surface area contributed by atoms with Crippen LogP contribution in [0.5, 0.6) is 0 Å². The molecular weight excluding hydrogens is 433 g/mol. The summed E-state index contributed by atoms with van der Waals surface area (Å²) in [5.41, 5.74) is -0.951. The van der Waals surface area contributed by atoms with E-state index >= 15 is 0 Å². The van der Waals surface area contributed by atoms with Gasteiger partial charge in [-0.1, -0.05) is 0 Å². The maximum absolute atomic E-state index is 12.8. The van der Waals surface area contributed by atoms with Crippen LogP contribution in [-0.4, -0.2) is 67.5 Å². The van der Waals surface area contributed by atoms with E-state index in [4.69, 9.17) is 5.11 Å². The molecule has 162 valence electrons. The van der Waals surface area contributed by atoms with Crippen LogP contribution in [0.25, 0.3) is 10.6 Å². The van der Waals surface area contributed by atoms with Crippen molar-refractivity contribution in [2.75, 3.05) is 27.7 Å². The number of likely N-dealkylation sites (N-methyl/N-ethyl adjacent to an activating group) is 1. The molecule has 0 spiro atoms. The normalized spacial score (nSPS) is 14.2. The van der Waals surface area contributed by atoms with Crippen molar-refractivity contribution in [3.05, 3.63) is 23.9 Å². The molecule has 0 aliphatic heterocycles. The summed E-state index contributed by atoms with van der Waals surface area (Å²) in [5.74, 6) is -1.15. The zero-order chi connectivity index (χ0) is 22.2. The highest BCUT2D eigenvalue weighted by Crippen LogP contribution is 2.35. The van der Waals surface area contributed by atoms with Crippen molar-refractivity contribution in [2.45, 2.75) is 22.8 Å². The Balaban J connectivity index is 2.30. The van der Waals surface area contributed by atoms with Gasteiger partial charge in [0.05, 0.1) is 50.7 Å². The van der Waals surface area contributed by atoms with Gasteiger partial charge in [-0.05, 0) is 18.2 Å².